The Kier molecular flexibility index (Phi) is 6.05. The monoisotopic (exact) mass is 392 g/mol. The zero-order valence-corrected chi connectivity index (χ0v) is 15.7. The fourth-order valence-corrected chi connectivity index (χ4v) is 4.02. The van der Waals surface area contributed by atoms with E-state index in [2.05, 4.69) is 10.3 Å². The molecule has 2 N–H and O–H groups in total. The Morgan fingerprint density at radius 3 is 2.56 bits per heavy atom. The zero-order valence-electron chi connectivity index (χ0n) is 14.9. The summed E-state index contributed by atoms with van der Waals surface area (Å²) in [4.78, 5) is 28.5. The summed E-state index contributed by atoms with van der Waals surface area (Å²) in [5.74, 6) is -1.05. The van der Waals surface area contributed by atoms with Gasteiger partial charge in [0.25, 0.3) is 5.91 Å². The van der Waals surface area contributed by atoms with Crippen molar-refractivity contribution in [2.24, 2.45) is 5.92 Å². The van der Waals surface area contributed by atoms with Gasteiger partial charge < -0.3 is 15.2 Å². The summed E-state index contributed by atoms with van der Waals surface area (Å²) < 4.78 is 18.5. The third-order valence-corrected chi connectivity index (χ3v) is 5.76. The van der Waals surface area contributed by atoms with Crippen molar-refractivity contribution in [3.05, 3.63) is 45.7 Å². The van der Waals surface area contributed by atoms with Crippen LogP contribution in [0.3, 0.4) is 0 Å². The number of aliphatic carboxylic acids is 1. The van der Waals surface area contributed by atoms with E-state index >= 15 is 0 Å². The number of aromatic nitrogens is 1. The van der Waals surface area contributed by atoms with Crippen LogP contribution >= 0.6 is 11.3 Å². The van der Waals surface area contributed by atoms with Gasteiger partial charge in [0.05, 0.1) is 11.6 Å². The van der Waals surface area contributed by atoms with Crippen LogP contribution in [-0.2, 0) is 11.4 Å². The van der Waals surface area contributed by atoms with Crippen LogP contribution in [-0.4, -0.2) is 28.0 Å². The molecule has 1 aliphatic rings. The largest absolute Gasteiger partial charge is 0.486 e. The molecule has 0 unspecified atom stereocenters. The predicted octanol–water partition coefficient (Wildman–Crippen LogP) is 3.54. The minimum Gasteiger partial charge on any atom is -0.486 e. The molecule has 0 spiro atoms. The van der Waals surface area contributed by atoms with Gasteiger partial charge in [-0.2, -0.15) is 0 Å². The van der Waals surface area contributed by atoms with E-state index in [9.17, 15) is 14.0 Å². The third kappa shape index (κ3) is 5.03. The molecule has 0 aliphatic heterocycles. The highest BCUT2D eigenvalue weighted by atomic mass is 32.1. The molecule has 1 aromatic heterocycles. The van der Waals surface area contributed by atoms with Crippen LogP contribution in [0.4, 0.5) is 4.39 Å². The number of amides is 1. The summed E-state index contributed by atoms with van der Waals surface area (Å²) in [6, 6.07) is 5.71. The first-order chi connectivity index (χ1) is 12.9. The normalized spacial score (nSPS) is 19.5. The minimum atomic E-state index is -0.760. The van der Waals surface area contributed by atoms with Gasteiger partial charge in [0.1, 0.15) is 28.1 Å². The van der Waals surface area contributed by atoms with Crippen molar-refractivity contribution >= 4 is 23.2 Å². The third-order valence-electron chi connectivity index (χ3n) is 4.63. The van der Waals surface area contributed by atoms with Gasteiger partial charge in [0, 0.05) is 6.04 Å². The summed E-state index contributed by atoms with van der Waals surface area (Å²) in [7, 11) is 0. The van der Waals surface area contributed by atoms with E-state index in [0.717, 1.165) is 0 Å². The van der Waals surface area contributed by atoms with Crippen molar-refractivity contribution in [1.82, 2.24) is 10.3 Å². The highest BCUT2D eigenvalue weighted by Crippen LogP contribution is 2.26. The molecule has 1 saturated carbocycles. The standard InChI is InChI=1S/C19H21FN2O4S/c1-11-17(18(23)22-14-6-2-12(3-7-14)19(24)25)27-16(21-11)10-26-15-8-4-13(20)5-9-15/h4-5,8-9,12,14H,2-3,6-7,10H2,1H3,(H,22,23)(H,24,25). The van der Waals surface area contributed by atoms with E-state index in [0.29, 0.717) is 47.0 Å². The Morgan fingerprint density at radius 2 is 1.93 bits per heavy atom. The molecule has 1 aromatic carbocycles. The number of benzene rings is 1. The van der Waals surface area contributed by atoms with E-state index in [1.807, 2.05) is 0 Å². The lowest BCUT2D eigenvalue weighted by molar-refractivity contribution is -0.142. The molecular weight excluding hydrogens is 371 g/mol. The Morgan fingerprint density at radius 1 is 1.26 bits per heavy atom. The predicted molar refractivity (Wildman–Crippen MR) is 98.4 cm³/mol. The van der Waals surface area contributed by atoms with Crippen LogP contribution in [0.15, 0.2) is 24.3 Å². The second-order valence-electron chi connectivity index (χ2n) is 6.62. The Balaban J connectivity index is 1.55. The summed E-state index contributed by atoms with van der Waals surface area (Å²) in [6.45, 7) is 1.97. The van der Waals surface area contributed by atoms with Crippen molar-refractivity contribution < 1.29 is 23.8 Å². The Hall–Kier alpha value is -2.48. The smallest absolute Gasteiger partial charge is 0.306 e. The molecule has 0 atom stereocenters. The quantitative estimate of drug-likeness (QED) is 0.785. The maximum absolute atomic E-state index is 12.9. The topological polar surface area (TPSA) is 88.5 Å². The molecule has 27 heavy (non-hydrogen) atoms. The molecule has 6 nitrogen and oxygen atoms in total. The fourth-order valence-electron chi connectivity index (χ4n) is 3.14. The fraction of sp³-hybridized carbons (Fsp3) is 0.421. The minimum absolute atomic E-state index is 0.00600. The van der Waals surface area contributed by atoms with Gasteiger partial charge in [-0.1, -0.05) is 0 Å². The van der Waals surface area contributed by atoms with Gasteiger partial charge in [-0.3, -0.25) is 9.59 Å². The molecule has 1 heterocycles. The van der Waals surface area contributed by atoms with Crippen LogP contribution in [0.25, 0.3) is 0 Å². The van der Waals surface area contributed by atoms with Gasteiger partial charge in [-0.05, 0) is 56.9 Å². The van der Waals surface area contributed by atoms with Crippen molar-refractivity contribution in [2.45, 2.75) is 45.3 Å². The number of carboxylic acid groups (broad SMARTS) is 1. The van der Waals surface area contributed by atoms with Gasteiger partial charge in [-0.25, -0.2) is 9.37 Å². The number of nitrogens with one attached hydrogen (secondary N) is 1. The Labute approximate surface area is 160 Å². The molecule has 1 aliphatic carbocycles. The number of ether oxygens (including phenoxy) is 1. The molecule has 0 radical (unpaired) electrons. The van der Waals surface area contributed by atoms with E-state index in [1.165, 1.54) is 35.6 Å². The van der Waals surface area contributed by atoms with Crippen molar-refractivity contribution in [3.8, 4) is 5.75 Å². The van der Waals surface area contributed by atoms with Crippen LogP contribution < -0.4 is 10.1 Å². The van der Waals surface area contributed by atoms with Gasteiger partial charge in [0.15, 0.2) is 0 Å². The van der Waals surface area contributed by atoms with Gasteiger partial charge >= 0.3 is 5.97 Å². The second kappa shape index (κ2) is 8.47. The summed E-state index contributed by atoms with van der Waals surface area (Å²) in [5, 5.41) is 12.7. The number of hydrogen-bond donors (Lipinski definition) is 2. The molecule has 2 aromatic rings. The Bertz CT molecular complexity index is 814. The SMILES string of the molecule is Cc1nc(COc2ccc(F)cc2)sc1C(=O)NC1CCC(C(=O)O)CC1. The molecule has 0 bridgehead atoms. The molecule has 8 heteroatoms. The lowest BCUT2D eigenvalue weighted by Gasteiger charge is -2.26. The maximum atomic E-state index is 12.9. The first-order valence-electron chi connectivity index (χ1n) is 8.80. The lowest BCUT2D eigenvalue weighted by atomic mass is 9.86. The van der Waals surface area contributed by atoms with E-state index in [4.69, 9.17) is 9.84 Å². The highest BCUT2D eigenvalue weighted by molar-refractivity contribution is 7.13. The van der Waals surface area contributed by atoms with Crippen molar-refractivity contribution in [2.75, 3.05) is 0 Å². The first-order valence-corrected chi connectivity index (χ1v) is 9.62. The van der Waals surface area contributed by atoms with E-state index in [-0.39, 0.29) is 30.3 Å². The van der Waals surface area contributed by atoms with Gasteiger partial charge in [-0.15, -0.1) is 11.3 Å². The molecule has 1 amide bonds. The number of rotatable bonds is 6. The number of hydrogen-bond acceptors (Lipinski definition) is 5. The maximum Gasteiger partial charge on any atom is 0.306 e. The molecule has 144 valence electrons. The number of carboxylic acids is 1. The number of nitrogens with zero attached hydrogens (tertiary/aromatic N) is 1. The highest BCUT2D eigenvalue weighted by Gasteiger charge is 2.27. The summed E-state index contributed by atoms with van der Waals surface area (Å²) >= 11 is 1.27. The number of aryl methyl sites for hydroxylation is 1. The summed E-state index contributed by atoms with van der Waals surface area (Å²) in [5.41, 5.74) is 0.634. The molecule has 0 saturated heterocycles. The first kappa shape index (κ1) is 19.3. The van der Waals surface area contributed by atoms with Crippen molar-refractivity contribution in [3.63, 3.8) is 0 Å². The van der Waals surface area contributed by atoms with Crippen LogP contribution in [0.2, 0.25) is 0 Å². The second-order valence-corrected chi connectivity index (χ2v) is 7.71. The summed E-state index contributed by atoms with van der Waals surface area (Å²) in [6.07, 6.45) is 2.50. The zero-order chi connectivity index (χ0) is 19.4. The number of halogens is 1. The van der Waals surface area contributed by atoms with E-state index < -0.39 is 5.97 Å². The average Bonchev–Trinajstić information content (AvgIpc) is 3.02. The van der Waals surface area contributed by atoms with Crippen LogP contribution in [0.5, 0.6) is 5.75 Å². The molecule has 3 rings (SSSR count). The number of carbonyl (C=O) groups is 2. The van der Waals surface area contributed by atoms with Crippen molar-refractivity contribution in [1.29, 1.82) is 0 Å². The number of thiazole rings is 1. The van der Waals surface area contributed by atoms with Gasteiger partial charge in [0.2, 0.25) is 0 Å². The lowest BCUT2D eigenvalue weighted by Crippen LogP contribution is -2.38. The van der Waals surface area contributed by atoms with Crippen LogP contribution in [0.1, 0.15) is 46.1 Å². The van der Waals surface area contributed by atoms with Crippen LogP contribution in [0, 0.1) is 18.7 Å². The molecule has 1 fully saturated rings. The average molecular weight is 392 g/mol. The molecular formula is C19H21FN2O4S. The van der Waals surface area contributed by atoms with E-state index in [1.54, 1.807) is 6.92 Å². The number of carbonyl (C=O) groups excluding carboxylic acids is 1.